The molecular weight excluding hydrogens is 352 g/mol. The fourth-order valence-corrected chi connectivity index (χ4v) is 2.70. The highest BCUT2D eigenvalue weighted by Crippen LogP contribution is 2.16. The average molecular weight is 371 g/mol. The predicted molar refractivity (Wildman–Crippen MR) is 89.1 cm³/mol. The molecule has 2 N–H and O–H groups in total. The largest absolute Gasteiger partial charge is 0.491 e. The number of aliphatic hydroxyl groups excluding tert-OH is 1. The van der Waals surface area contributed by atoms with Crippen molar-refractivity contribution in [1.29, 1.82) is 0 Å². The maximum absolute atomic E-state index is 9.86. The Bertz CT molecular complexity index is 545. The van der Waals surface area contributed by atoms with Crippen LogP contribution in [0.3, 0.4) is 0 Å². The minimum Gasteiger partial charge on any atom is -0.491 e. The number of halogens is 1. The van der Waals surface area contributed by atoms with E-state index in [1.54, 1.807) is 11.3 Å². The van der Waals surface area contributed by atoms with Crippen LogP contribution in [0, 0.1) is 6.92 Å². The van der Waals surface area contributed by atoms with E-state index in [4.69, 9.17) is 4.74 Å². The highest BCUT2D eigenvalue weighted by molar-refractivity contribution is 9.10. The molecule has 0 fully saturated rings. The summed E-state index contributed by atoms with van der Waals surface area (Å²) in [6.07, 6.45) is 0.357. The van der Waals surface area contributed by atoms with E-state index in [-0.39, 0.29) is 6.61 Å². The molecule has 0 saturated carbocycles. The first-order valence-electron chi connectivity index (χ1n) is 6.81. The molecule has 1 aromatic heterocycles. The number of benzene rings is 1. The van der Waals surface area contributed by atoms with Crippen LogP contribution < -0.4 is 10.1 Å². The summed E-state index contributed by atoms with van der Waals surface area (Å²) < 4.78 is 6.53. The Morgan fingerprint density at radius 3 is 2.81 bits per heavy atom. The molecule has 2 aromatic rings. The number of thiazole rings is 1. The first-order valence-corrected chi connectivity index (χ1v) is 8.49. The van der Waals surface area contributed by atoms with Gasteiger partial charge in [0.2, 0.25) is 0 Å². The molecule has 1 atom stereocenters. The summed E-state index contributed by atoms with van der Waals surface area (Å²) in [7, 11) is 0. The van der Waals surface area contributed by atoms with Crippen molar-refractivity contribution >= 4 is 27.3 Å². The quantitative estimate of drug-likeness (QED) is 0.701. The van der Waals surface area contributed by atoms with Gasteiger partial charge < -0.3 is 15.2 Å². The van der Waals surface area contributed by atoms with Gasteiger partial charge in [-0.25, -0.2) is 4.98 Å². The monoisotopic (exact) mass is 370 g/mol. The summed E-state index contributed by atoms with van der Waals surface area (Å²) in [5.74, 6) is 0.759. The SMILES string of the molecule is Cc1nc(CCNCC(O)COc2ccc(Br)cc2)cs1. The van der Waals surface area contributed by atoms with Gasteiger partial charge in [0.05, 0.1) is 10.7 Å². The summed E-state index contributed by atoms with van der Waals surface area (Å²) in [5.41, 5.74) is 1.10. The van der Waals surface area contributed by atoms with Crippen molar-refractivity contribution in [1.82, 2.24) is 10.3 Å². The summed E-state index contributed by atoms with van der Waals surface area (Å²) in [5, 5.41) is 16.2. The fourth-order valence-electron chi connectivity index (χ4n) is 1.79. The molecule has 0 saturated heterocycles. The molecule has 1 aromatic carbocycles. The topological polar surface area (TPSA) is 54.4 Å². The standard InChI is InChI=1S/C15H19BrN2O2S/c1-11-18-13(10-21-11)6-7-17-8-14(19)9-20-15-4-2-12(16)3-5-15/h2-5,10,14,17,19H,6-9H2,1H3. The molecule has 6 heteroatoms. The Balaban J connectivity index is 1.59. The second-order valence-corrected chi connectivity index (χ2v) is 6.71. The number of hydrogen-bond donors (Lipinski definition) is 2. The van der Waals surface area contributed by atoms with Gasteiger partial charge in [-0.1, -0.05) is 15.9 Å². The highest BCUT2D eigenvalue weighted by atomic mass is 79.9. The number of nitrogens with zero attached hydrogens (tertiary/aromatic N) is 1. The second kappa shape index (κ2) is 8.48. The minimum absolute atomic E-state index is 0.282. The minimum atomic E-state index is -0.522. The van der Waals surface area contributed by atoms with Crippen molar-refractivity contribution in [2.45, 2.75) is 19.4 Å². The van der Waals surface area contributed by atoms with Gasteiger partial charge >= 0.3 is 0 Å². The van der Waals surface area contributed by atoms with Crippen LogP contribution in [-0.4, -0.2) is 35.9 Å². The van der Waals surface area contributed by atoms with Crippen LogP contribution in [-0.2, 0) is 6.42 Å². The third-order valence-electron chi connectivity index (χ3n) is 2.86. The maximum Gasteiger partial charge on any atom is 0.119 e. The second-order valence-electron chi connectivity index (χ2n) is 4.73. The van der Waals surface area contributed by atoms with Crippen molar-refractivity contribution in [3.63, 3.8) is 0 Å². The van der Waals surface area contributed by atoms with E-state index in [0.717, 1.165) is 33.9 Å². The molecule has 0 aliphatic rings. The van der Waals surface area contributed by atoms with Crippen LogP contribution in [0.5, 0.6) is 5.75 Å². The van der Waals surface area contributed by atoms with Gasteiger partial charge in [0.1, 0.15) is 18.5 Å². The number of hydrogen-bond acceptors (Lipinski definition) is 5. The number of nitrogens with one attached hydrogen (secondary N) is 1. The Morgan fingerprint density at radius 2 is 2.14 bits per heavy atom. The zero-order valence-electron chi connectivity index (χ0n) is 11.9. The molecule has 21 heavy (non-hydrogen) atoms. The van der Waals surface area contributed by atoms with Gasteiger partial charge in [-0.05, 0) is 31.2 Å². The maximum atomic E-state index is 9.86. The fraction of sp³-hybridized carbons (Fsp3) is 0.400. The van der Waals surface area contributed by atoms with Crippen molar-refractivity contribution in [2.75, 3.05) is 19.7 Å². The normalized spacial score (nSPS) is 12.3. The van der Waals surface area contributed by atoms with Gasteiger partial charge in [0.25, 0.3) is 0 Å². The van der Waals surface area contributed by atoms with E-state index in [1.165, 1.54) is 0 Å². The zero-order valence-corrected chi connectivity index (χ0v) is 14.3. The van der Waals surface area contributed by atoms with Gasteiger partial charge in [0.15, 0.2) is 0 Å². The number of rotatable bonds is 8. The van der Waals surface area contributed by atoms with Gasteiger partial charge in [-0.2, -0.15) is 0 Å². The smallest absolute Gasteiger partial charge is 0.119 e. The van der Waals surface area contributed by atoms with E-state index in [1.807, 2.05) is 31.2 Å². The van der Waals surface area contributed by atoms with Crippen LogP contribution in [0.15, 0.2) is 34.1 Å². The van der Waals surface area contributed by atoms with Crippen LogP contribution in [0.25, 0.3) is 0 Å². The summed E-state index contributed by atoms with van der Waals surface area (Å²) in [4.78, 5) is 4.40. The Labute approximate surface area is 137 Å². The first-order chi connectivity index (χ1) is 10.1. The van der Waals surface area contributed by atoms with E-state index < -0.39 is 6.10 Å². The van der Waals surface area contributed by atoms with Gasteiger partial charge in [-0.15, -0.1) is 11.3 Å². The van der Waals surface area contributed by atoms with E-state index >= 15 is 0 Å². The van der Waals surface area contributed by atoms with Crippen LogP contribution >= 0.6 is 27.3 Å². The number of aryl methyl sites for hydroxylation is 1. The summed E-state index contributed by atoms with van der Waals surface area (Å²) in [6.45, 7) is 3.60. The first kappa shape index (κ1) is 16.4. The molecule has 4 nitrogen and oxygen atoms in total. The third kappa shape index (κ3) is 6.13. The Morgan fingerprint density at radius 1 is 1.38 bits per heavy atom. The van der Waals surface area contributed by atoms with Crippen LogP contribution in [0.2, 0.25) is 0 Å². The van der Waals surface area contributed by atoms with E-state index in [0.29, 0.717) is 6.54 Å². The molecule has 0 aliphatic carbocycles. The molecule has 0 spiro atoms. The lowest BCUT2D eigenvalue weighted by atomic mass is 10.3. The Kier molecular flexibility index (Phi) is 6.63. The number of aliphatic hydroxyl groups is 1. The number of ether oxygens (including phenoxy) is 1. The molecule has 0 radical (unpaired) electrons. The van der Waals surface area contributed by atoms with Crippen molar-refractivity contribution < 1.29 is 9.84 Å². The zero-order chi connectivity index (χ0) is 15.1. The molecule has 0 bridgehead atoms. The molecule has 1 heterocycles. The lowest BCUT2D eigenvalue weighted by Gasteiger charge is -2.13. The van der Waals surface area contributed by atoms with E-state index in [2.05, 4.69) is 31.6 Å². The molecule has 0 amide bonds. The third-order valence-corrected chi connectivity index (χ3v) is 4.21. The summed E-state index contributed by atoms with van der Waals surface area (Å²) in [6, 6.07) is 7.56. The molecule has 0 aliphatic heterocycles. The van der Waals surface area contributed by atoms with Gasteiger partial charge in [0, 0.05) is 29.4 Å². The average Bonchev–Trinajstić information content (AvgIpc) is 2.89. The lowest BCUT2D eigenvalue weighted by molar-refractivity contribution is 0.106. The molecule has 2 rings (SSSR count). The van der Waals surface area contributed by atoms with Crippen molar-refractivity contribution in [3.05, 3.63) is 44.8 Å². The van der Waals surface area contributed by atoms with Crippen LogP contribution in [0.4, 0.5) is 0 Å². The Hall–Kier alpha value is -0.950. The predicted octanol–water partition coefficient (Wildman–Crippen LogP) is 2.79. The molecular formula is C15H19BrN2O2S. The van der Waals surface area contributed by atoms with E-state index in [9.17, 15) is 5.11 Å². The number of aromatic nitrogens is 1. The van der Waals surface area contributed by atoms with Crippen molar-refractivity contribution in [3.8, 4) is 5.75 Å². The molecule has 114 valence electrons. The summed E-state index contributed by atoms with van der Waals surface area (Å²) >= 11 is 5.03. The van der Waals surface area contributed by atoms with Crippen LogP contribution in [0.1, 0.15) is 10.7 Å². The van der Waals surface area contributed by atoms with Crippen molar-refractivity contribution in [2.24, 2.45) is 0 Å². The molecule has 1 unspecified atom stereocenters. The lowest BCUT2D eigenvalue weighted by Crippen LogP contribution is -2.32. The van der Waals surface area contributed by atoms with Gasteiger partial charge in [-0.3, -0.25) is 0 Å². The highest BCUT2D eigenvalue weighted by Gasteiger charge is 2.05.